The third-order valence-electron chi connectivity index (χ3n) is 3.33. The highest BCUT2D eigenvalue weighted by Gasteiger charge is 2.26. The Bertz CT molecular complexity index is 325. The molecule has 0 saturated heterocycles. The molecule has 0 radical (unpaired) electrons. The van der Waals surface area contributed by atoms with Crippen molar-refractivity contribution in [2.75, 3.05) is 6.61 Å². The molecule has 1 unspecified atom stereocenters. The molecule has 0 fully saturated rings. The fraction of sp³-hybridized carbons (Fsp3) is 0.714. The number of ether oxygens (including phenoxy) is 1. The summed E-state index contributed by atoms with van der Waals surface area (Å²) in [6.45, 7) is 6.40. The van der Waals surface area contributed by atoms with Crippen LogP contribution in [0.25, 0.3) is 0 Å². The molecule has 102 valence electrons. The largest absolute Gasteiger partial charge is 0.372 e. The molecule has 0 aliphatic heterocycles. The Morgan fingerprint density at radius 1 is 1.67 bits per heavy atom. The third kappa shape index (κ3) is 4.61. The molecule has 4 heteroatoms. The van der Waals surface area contributed by atoms with Gasteiger partial charge in [0.1, 0.15) is 6.29 Å². The number of rotatable bonds is 6. The summed E-state index contributed by atoms with van der Waals surface area (Å²) >= 11 is 0. The second-order valence-corrected chi connectivity index (χ2v) is 5.02. The summed E-state index contributed by atoms with van der Waals surface area (Å²) in [5.41, 5.74) is 0.769. The fourth-order valence-corrected chi connectivity index (χ4v) is 1.97. The van der Waals surface area contributed by atoms with Crippen molar-refractivity contribution in [2.45, 2.75) is 52.2 Å². The van der Waals surface area contributed by atoms with Gasteiger partial charge in [-0.1, -0.05) is 20.3 Å². The Kier molecular flexibility index (Phi) is 6.05. The molecule has 0 saturated carbocycles. The Labute approximate surface area is 109 Å². The van der Waals surface area contributed by atoms with Crippen LogP contribution in [0.5, 0.6) is 0 Å². The topological polar surface area (TPSA) is 55.4 Å². The number of hydrogen-bond donors (Lipinski definition) is 1. The summed E-state index contributed by atoms with van der Waals surface area (Å²) in [6.07, 6.45) is 5.06. The lowest BCUT2D eigenvalue weighted by atomic mass is 9.93. The zero-order valence-corrected chi connectivity index (χ0v) is 11.4. The van der Waals surface area contributed by atoms with E-state index in [1.54, 1.807) is 0 Å². The highest BCUT2D eigenvalue weighted by atomic mass is 16.5. The Morgan fingerprint density at radius 3 is 2.94 bits per heavy atom. The van der Waals surface area contributed by atoms with Gasteiger partial charge >= 0.3 is 0 Å². The predicted molar refractivity (Wildman–Crippen MR) is 70.2 cm³/mol. The smallest absolute Gasteiger partial charge is 0.217 e. The molecule has 0 heterocycles. The highest BCUT2D eigenvalue weighted by molar-refractivity contribution is 5.75. The van der Waals surface area contributed by atoms with E-state index in [2.05, 4.69) is 19.2 Å². The van der Waals surface area contributed by atoms with E-state index in [-0.39, 0.29) is 18.1 Å². The van der Waals surface area contributed by atoms with Gasteiger partial charge in [0.05, 0.1) is 18.8 Å². The summed E-state index contributed by atoms with van der Waals surface area (Å²) in [4.78, 5) is 22.0. The van der Waals surface area contributed by atoms with Crippen molar-refractivity contribution in [1.82, 2.24) is 5.32 Å². The van der Waals surface area contributed by atoms with Gasteiger partial charge in [0.25, 0.3) is 0 Å². The van der Waals surface area contributed by atoms with Crippen LogP contribution in [0.2, 0.25) is 0 Å². The average Bonchev–Trinajstić information content (AvgIpc) is 2.36. The molecule has 0 aromatic heterocycles. The van der Waals surface area contributed by atoms with E-state index < -0.39 is 0 Å². The van der Waals surface area contributed by atoms with Crippen LogP contribution in [-0.2, 0) is 14.3 Å². The minimum atomic E-state index is -0.183. The quantitative estimate of drug-likeness (QED) is 0.735. The molecule has 18 heavy (non-hydrogen) atoms. The van der Waals surface area contributed by atoms with Crippen LogP contribution < -0.4 is 5.32 Å². The van der Waals surface area contributed by atoms with E-state index in [0.29, 0.717) is 18.9 Å². The number of hydrogen-bond acceptors (Lipinski definition) is 3. The lowest BCUT2D eigenvalue weighted by Gasteiger charge is -2.30. The van der Waals surface area contributed by atoms with Crippen molar-refractivity contribution in [3.8, 4) is 0 Å². The average molecular weight is 253 g/mol. The monoisotopic (exact) mass is 253 g/mol. The molecule has 1 rings (SSSR count). The maximum atomic E-state index is 11.1. The lowest BCUT2D eigenvalue weighted by Crippen LogP contribution is -2.45. The van der Waals surface area contributed by atoms with Gasteiger partial charge in [-0.15, -0.1) is 0 Å². The van der Waals surface area contributed by atoms with Gasteiger partial charge in [-0.05, 0) is 30.4 Å². The Morgan fingerprint density at radius 2 is 2.39 bits per heavy atom. The first kappa shape index (κ1) is 14.9. The molecular formula is C14H23NO3. The second-order valence-electron chi connectivity index (χ2n) is 5.02. The summed E-state index contributed by atoms with van der Waals surface area (Å²) in [6, 6.07) is -0.0183. The first-order valence-corrected chi connectivity index (χ1v) is 6.61. The van der Waals surface area contributed by atoms with E-state index in [4.69, 9.17) is 4.74 Å². The van der Waals surface area contributed by atoms with Crippen molar-refractivity contribution in [3.05, 3.63) is 11.6 Å². The first-order valence-electron chi connectivity index (χ1n) is 6.61. The number of carbonyl (C=O) groups is 2. The molecular weight excluding hydrogens is 230 g/mol. The number of nitrogens with one attached hydrogen (secondary N) is 1. The van der Waals surface area contributed by atoms with Crippen LogP contribution in [-0.4, -0.2) is 30.9 Å². The van der Waals surface area contributed by atoms with Crippen molar-refractivity contribution in [2.24, 2.45) is 5.92 Å². The van der Waals surface area contributed by atoms with Crippen molar-refractivity contribution >= 4 is 12.2 Å². The van der Waals surface area contributed by atoms with E-state index in [1.807, 2.05) is 6.08 Å². The minimum Gasteiger partial charge on any atom is -0.372 e. The Hall–Kier alpha value is -1.16. The normalized spacial score (nSPS) is 25.2. The number of aldehydes is 1. The fourth-order valence-electron chi connectivity index (χ4n) is 1.97. The van der Waals surface area contributed by atoms with Crippen LogP contribution in [0.15, 0.2) is 11.6 Å². The molecule has 3 atom stereocenters. The maximum Gasteiger partial charge on any atom is 0.217 e. The van der Waals surface area contributed by atoms with Gasteiger partial charge < -0.3 is 10.1 Å². The molecule has 0 aromatic carbocycles. The summed E-state index contributed by atoms with van der Waals surface area (Å²) in [5, 5.41) is 2.89. The zero-order valence-electron chi connectivity index (χ0n) is 11.4. The second kappa shape index (κ2) is 7.31. The summed E-state index contributed by atoms with van der Waals surface area (Å²) in [7, 11) is 0. The van der Waals surface area contributed by atoms with E-state index in [0.717, 1.165) is 24.7 Å². The van der Waals surface area contributed by atoms with Gasteiger partial charge in [0.2, 0.25) is 5.91 Å². The van der Waals surface area contributed by atoms with Crippen molar-refractivity contribution in [3.63, 3.8) is 0 Å². The minimum absolute atomic E-state index is 0.0183. The third-order valence-corrected chi connectivity index (χ3v) is 3.33. The van der Waals surface area contributed by atoms with Crippen LogP contribution in [0.4, 0.5) is 0 Å². The van der Waals surface area contributed by atoms with Gasteiger partial charge in [0, 0.05) is 6.92 Å². The Balaban J connectivity index is 2.64. The van der Waals surface area contributed by atoms with E-state index in [1.165, 1.54) is 6.92 Å². The first-order chi connectivity index (χ1) is 8.56. The van der Waals surface area contributed by atoms with Gasteiger partial charge in [-0.2, -0.15) is 0 Å². The standard InChI is InChI=1S/C14H23NO3/c1-4-10(2)9-18-14-7-12(8-16)5-6-13(14)15-11(3)17/h7-8,10,13-14H,4-6,9H2,1-3H3,(H,15,17)/t10?,13-,14-/m1/s1. The van der Waals surface area contributed by atoms with Crippen LogP contribution in [0.1, 0.15) is 40.0 Å². The zero-order chi connectivity index (χ0) is 13.5. The predicted octanol–water partition coefficient (Wildman–Crippen LogP) is 1.84. The van der Waals surface area contributed by atoms with Crippen molar-refractivity contribution in [1.29, 1.82) is 0 Å². The molecule has 0 spiro atoms. The molecule has 1 aliphatic rings. The van der Waals surface area contributed by atoms with Crippen molar-refractivity contribution < 1.29 is 14.3 Å². The van der Waals surface area contributed by atoms with Crippen LogP contribution in [0.3, 0.4) is 0 Å². The van der Waals surface area contributed by atoms with Gasteiger partial charge in [-0.25, -0.2) is 0 Å². The molecule has 1 aliphatic carbocycles. The maximum absolute atomic E-state index is 11.1. The SMILES string of the molecule is CCC(C)CO[C@@H]1C=C(C=O)CC[C@H]1NC(C)=O. The van der Waals surface area contributed by atoms with E-state index in [9.17, 15) is 9.59 Å². The molecule has 1 N–H and O–H groups in total. The van der Waals surface area contributed by atoms with Gasteiger partial charge in [0.15, 0.2) is 0 Å². The molecule has 0 aromatic rings. The summed E-state index contributed by atoms with van der Waals surface area (Å²) in [5.74, 6) is 0.429. The van der Waals surface area contributed by atoms with E-state index >= 15 is 0 Å². The van der Waals surface area contributed by atoms with Crippen LogP contribution >= 0.6 is 0 Å². The van der Waals surface area contributed by atoms with Crippen LogP contribution in [0, 0.1) is 5.92 Å². The molecule has 1 amide bonds. The number of amides is 1. The molecule has 4 nitrogen and oxygen atoms in total. The number of allylic oxidation sites excluding steroid dienone is 1. The number of carbonyl (C=O) groups excluding carboxylic acids is 2. The van der Waals surface area contributed by atoms with Gasteiger partial charge in [-0.3, -0.25) is 9.59 Å². The summed E-state index contributed by atoms with van der Waals surface area (Å²) < 4.78 is 5.83. The highest BCUT2D eigenvalue weighted by Crippen LogP contribution is 2.20. The lowest BCUT2D eigenvalue weighted by molar-refractivity contribution is -0.120. The molecule has 0 bridgehead atoms.